The zero-order valence-electron chi connectivity index (χ0n) is 44.1. The lowest BCUT2D eigenvalue weighted by atomic mass is 10.1. The Morgan fingerprint density at radius 2 is 0.632 bits per heavy atom. The minimum absolute atomic E-state index is 0.0402. The molecule has 0 aliphatic heterocycles. The largest absolute Gasteiger partial charge is 0.462 e. The summed E-state index contributed by atoms with van der Waals surface area (Å²) in [5, 5.41) is 0. The van der Waals surface area contributed by atoms with Crippen LogP contribution in [0.1, 0.15) is 226 Å². The van der Waals surface area contributed by atoms with Crippen LogP contribution in [0.3, 0.4) is 0 Å². The Labute approximate surface area is 419 Å². The molecule has 0 aromatic heterocycles. The first-order valence-electron chi connectivity index (χ1n) is 27.7. The van der Waals surface area contributed by atoms with E-state index in [1.54, 1.807) is 0 Å². The van der Waals surface area contributed by atoms with Crippen molar-refractivity contribution < 1.29 is 23.8 Å². The van der Waals surface area contributed by atoms with Crippen LogP contribution in [-0.4, -0.2) is 37.9 Å². The molecular formula is C63H102O5. The fourth-order valence-corrected chi connectivity index (χ4v) is 7.16. The van der Waals surface area contributed by atoms with Crippen molar-refractivity contribution in [3.63, 3.8) is 0 Å². The Balaban J connectivity index is 4.42. The second-order valence-corrected chi connectivity index (χ2v) is 17.7. The summed E-state index contributed by atoms with van der Waals surface area (Å²) in [7, 11) is 0. The molecule has 0 aliphatic carbocycles. The Kier molecular flexibility index (Phi) is 54.0. The Morgan fingerprint density at radius 3 is 1.03 bits per heavy atom. The van der Waals surface area contributed by atoms with Gasteiger partial charge in [-0.3, -0.25) is 9.59 Å². The highest BCUT2D eigenvalue weighted by Crippen LogP contribution is 2.13. The van der Waals surface area contributed by atoms with Gasteiger partial charge in [0.25, 0.3) is 0 Å². The highest BCUT2D eigenvalue weighted by atomic mass is 16.6. The lowest BCUT2D eigenvalue weighted by molar-refractivity contribution is -0.163. The third-order valence-electron chi connectivity index (χ3n) is 11.2. The Bertz CT molecular complexity index is 1430. The molecule has 0 spiro atoms. The third kappa shape index (κ3) is 54.6. The van der Waals surface area contributed by atoms with E-state index in [9.17, 15) is 9.59 Å². The summed E-state index contributed by atoms with van der Waals surface area (Å²) in [5.41, 5.74) is 0. The first kappa shape index (κ1) is 64.0. The first-order chi connectivity index (χ1) is 33.6. The van der Waals surface area contributed by atoms with E-state index in [1.165, 1.54) is 70.6 Å². The van der Waals surface area contributed by atoms with Crippen molar-refractivity contribution in [2.45, 2.75) is 232 Å². The van der Waals surface area contributed by atoms with Crippen LogP contribution >= 0.6 is 0 Å². The number of ether oxygens (including phenoxy) is 3. The summed E-state index contributed by atoms with van der Waals surface area (Å²) >= 11 is 0. The molecule has 0 fully saturated rings. The smallest absolute Gasteiger partial charge is 0.306 e. The quantitative estimate of drug-likeness (QED) is 0.0345. The minimum atomic E-state index is -0.579. The number of carbonyl (C=O) groups is 2. The van der Waals surface area contributed by atoms with Crippen molar-refractivity contribution in [3.05, 3.63) is 134 Å². The van der Waals surface area contributed by atoms with Crippen LogP contribution in [0, 0.1) is 0 Å². The van der Waals surface area contributed by atoms with Gasteiger partial charge in [-0.1, -0.05) is 225 Å². The normalized spacial score (nSPS) is 13.3. The maximum Gasteiger partial charge on any atom is 0.306 e. The van der Waals surface area contributed by atoms with E-state index in [1.807, 2.05) is 0 Å². The molecule has 1 atom stereocenters. The molecule has 0 aromatic carbocycles. The predicted octanol–water partition coefficient (Wildman–Crippen LogP) is 19.1. The molecule has 0 heterocycles. The van der Waals surface area contributed by atoms with Crippen LogP contribution in [0.2, 0.25) is 0 Å². The van der Waals surface area contributed by atoms with Gasteiger partial charge < -0.3 is 14.2 Å². The molecule has 0 saturated carbocycles. The SMILES string of the molecule is CC/C=C\C/C=C\C/C=C\C/C=C\C/C=C\CCCC(=O)OCC(COCCCCCCCCCC/C=C\C/C=C\C/C=C\CC)OC(=O)CCCCCCCCC/C=C\C/C=C\C/C=C\CC. The maximum absolute atomic E-state index is 12.9. The van der Waals surface area contributed by atoms with Crippen molar-refractivity contribution in [3.8, 4) is 0 Å². The fourth-order valence-electron chi connectivity index (χ4n) is 7.16. The molecule has 0 N–H and O–H groups in total. The van der Waals surface area contributed by atoms with Crippen LogP contribution in [-0.2, 0) is 23.8 Å². The van der Waals surface area contributed by atoms with Crippen molar-refractivity contribution in [2.75, 3.05) is 19.8 Å². The molecule has 5 heteroatoms. The molecule has 68 heavy (non-hydrogen) atoms. The average Bonchev–Trinajstić information content (AvgIpc) is 3.34. The summed E-state index contributed by atoms with van der Waals surface area (Å²) < 4.78 is 17.4. The van der Waals surface area contributed by atoms with Crippen molar-refractivity contribution in [1.29, 1.82) is 0 Å². The zero-order valence-corrected chi connectivity index (χ0v) is 44.1. The molecule has 0 saturated heterocycles. The number of hydrogen-bond acceptors (Lipinski definition) is 5. The average molecular weight is 940 g/mol. The molecule has 0 bridgehead atoms. The molecule has 0 aliphatic rings. The molecule has 0 aromatic rings. The van der Waals surface area contributed by atoms with Crippen molar-refractivity contribution in [1.82, 2.24) is 0 Å². The monoisotopic (exact) mass is 939 g/mol. The number of carbonyl (C=O) groups excluding carboxylic acids is 2. The molecule has 1 unspecified atom stereocenters. The van der Waals surface area contributed by atoms with Crippen LogP contribution in [0.4, 0.5) is 0 Å². The van der Waals surface area contributed by atoms with E-state index in [0.717, 1.165) is 122 Å². The lowest BCUT2D eigenvalue weighted by Gasteiger charge is -2.18. The second kappa shape index (κ2) is 57.4. The topological polar surface area (TPSA) is 61.8 Å². The Morgan fingerprint density at radius 1 is 0.324 bits per heavy atom. The van der Waals surface area contributed by atoms with Gasteiger partial charge in [0.1, 0.15) is 6.61 Å². The van der Waals surface area contributed by atoms with Gasteiger partial charge in [0.05, 0.1) is 6.61 Å². The van der Waals surface area contributed by atoms with Gasteiger partial charge in [-0.2, -0.15) is 0 Å². The molecule has 0 amide bonds. The van der Waals surface area contributed by atoms with Gasteiger partial charge >= 0.3 is 11.9 Å². The van der Waals surface area contributed by atoms with Gasteiger partial charge in [0, 0.05) is 19.4 Å². The van der Waals surface area contributed by atoms with Gasteiger partial charge in [0.2, 0.25) is 0 Å². The third-order valence-corrected chi connectivity index (χ3v) is 11.2. The standard InChI is InChI=1S/C63H102O5/c1-4-7-10-13-16-19-22-25-28-31-34-37-40-43-46-49-52-55-58-66-59-61(68-63(65)57-54-51-48-45-42-39-36-33-30-27-24-21-18-15-12-9-6-3)60-67-62(64)56-53-50-47-44-41-38-35-32-29-26-23-20-17-14-11-8-5-2/h7-12,16-21,25-30,35,38,44,47,61H,4-6,13-15,22-24,31-34,36-37,39-43,45-46,48-60H2,1-3H3/b10-7-,11-8-,12-9-,19-16-,20-17-,21-18-,28-25-,29-26-,30-27-,38-35-,47-44-. The molecule has 384 valence electrons. The van der Waals surface area contributed by atoms with Crippen LogP contribution < -0.4 is 0 Å². The van der Waals surface area contributed by atoms with E-state index in [4.69, 9.17) is 14.2 Å². The summed E-state index contributed by atoms with van der Waals surface area (Å²) in [6.45, 7) is 7.40. The summed E-state index contributed by atoms with van der Waals surface area (Å²) in [6.07, 6.45) is 81.9. The van der Waals surface area contributed by atoms with Gasteiger partial charge in [-0.15, -0.1) is 0 Å². The zero-order chi connectivity index (χ0) is 49.2. The summed E-state index contributed by atoms with van der Waals surface area (Å²) in [5.74, 6) is -0.487. The highest BCUT2D eigenvalue weighted by molar-refractivity contribution is 5.70. The van der Waals surface area contributed by atoms with Gasteiger partial charge in [-0.25, -0.2) is 0 Å². The fraction of sp³-hybridized carbons (Fsp3) is 0.619. The number of rotatable bonds is 49. The number of allylic oxidation sites excluding steroid dienone is 22. The minimum Gasteiger partial charge on any atom is -0.462 e. The van der Waals surface area contributed by atoms with Crippen molar-refractivity contribution in [2.24, 2.45) is 0 Å². The van der Waals surface area contributed by atoms with E-state index < -0.39 is 6.10 Å². The van der Waals surface area contributed by atoms with Crippen LogP contribution in [0.5, 0.6) is 0 Å². The van der Waals surface area contributed by atoms with Gasteiger partial charge in [-0.05, 0) is 122 Å². The molecular weight excluding hydrogens is 837 g/mol. The van der Waals surface area contributed by atoms with Crippen LogP contribution in [0.25, 0.3) is 0 Å². The predicted molar refractivity (Wildman–Crippen MR) is 297 cm³/mol. The van der Waals surface area contributed by atoms with Gasteiger partial charge in [0.15, 0.2) is 6.10 Å². The summed E-state index contributed by atoms with van der Waals surface area (Å²) in [4.78, 5) is 25.5. The first-order valence-corrected chi connectivity index (χ1v) is 27.7. The number of esters is 2. The summed E-state index contributed by atoms with van der Waals surface area (Å²) in [6, 6.07) is 0. The second-order valence-electron chi connectivity index (χ2n) is 17.7. The van der Waals surface area contributed by atoms with Crippen LogP contribution in [0.15, 0.2) is 134 Å². The van der Waals surface area contributed by atoms with Crippen molar-refractivity contribution >= 4 is 11.9 Å². The maximum atomic E-state index is 12.9. The number of unbranched alkanes of at least 4 members (excludes halogenated alkanes) is 16. The highest BCUT2D eigenvalue weighted by Gasteiger charge is 2.17. The molecule has 5 nitrogen and oxygen atoms in total. The molecule has 0 rings (SSSR count). The number of hydrogen-bond donors (Lipinski definition) is 0. The lowest BCUT2D eigenvalue weighted by Crippen LogP contribution is -2.30. The Hall–Kier alpha value is -3.96. The van der Waals surface area contributed by atoms with E-state index >= 15 is 0 Å². The molecule has 0 radical (unpaired) electrons. The van der Waals surface area contributed by atoms with E-state index in [2.05, 4.69) is 154 Å². The van der Waals surface area contributed by atoms with E-state index in [0.29, 0.717) is 19.4 Å². The van der Waals surface area contributed by atoms with E-state index in [-0.39, 0.29) is 25.2 Å².